The maximum Gasteiger partial charge on any atom is 0.339 e. The molecule has 0 bridgehead atoms. The van der Waals surface area contributed by atoms with Crippen molar-refractivity contribution < 1.29 is 14.3 Å². The molecule has 9 nitrogen and oxygen atoms in total. The van der Waals surface area contributed by atoms with Crippen molar-refractivity contribution in [1.29, 1.82) is 0 Å². The van der Waals surface area contributed by atoms with E-state index in [9.17, 15) is 9.59 Å². The molecule has 0 saturated carbocycles. The summed E-state index contributed by atoms with van der Waals surface area (Å²) in [6, 6.07) is 7.52. The Morgan fingerprint density at radius 1 is 1.25 bits per heavy atom. The molecule has 1 aliphatic heterocycles. The number of urea groups is 1. The van der Waals surface area contributed by atoms with E-state index in [1.807, 2.05) is 38.1 Å². The first-order valence-corrected chi connectivity index (χ1v) is 11.4. The summed E-state index contributed by atoms with van der Waals surface area (Å²) in [6.07, 6.45) is 0. The Bertz CT molecular complexity index is 1150. The minimum Gasteiger partial charge on any atom is -0.462 e. The Balaban J connectivity index is 1.55. The molecular formula is C22H26N6O3S. The molecule has 1 aromatic carbocycles. The second-order valence-electron chi connectivity index (χ2n) is 7.74. The number of anilines is 3. The third-order valence-electron chi connectivity index (χ3n) is 5.42. The van der Waals surface area contributed by atoms with Gasteiger partial charge < -0.3 is 25.6 Å². The lowest BCUT2D eigenvalue weighted by atomic mass is 10.1. The highest BCUT2D eigenvalue weighted by Gasteiger charge is 2.31. The van der Waals surface area contributed by atoms with E-state index in [1.54, 1.807) is 17.2 Å². The van der Waals surface area contributed by atoms with Gasteiger partial charge in [0.1, 0.15) is 10.6 Å². The summed E-state index contributed by atoms with van der Waals surface area (Å²) in [4.78, 5) is 38.5. The molecule has 3 aromatic rings. The molecule has 0 aliphatic carbocycles. The van der Waals surface area contributed by atoms with Crippen LogP contribution in [-0.4, -0.2) is 59.2 Å². The van der Waals surface area contributed by atoms with Crippen molar-refractivity contribution in [1.82, 2.24) is 14.9 Å². The number of hydrogen-bond acceptors (Lipinski definition) is 8. The maximum atomic E-state index is 12.8. The number of thiophene rings is 1. The van der Waals surface area contributed by atoms with Crippen LogP contribution in [0.25, 0.3) is 10.2 Å². The monoisotopic (exact) mass is 454 g/mol. The number of carbonyl (C=O) groups excluding carboxylic acids is 2. The van der Waals surface area contributed by atoms with E-state index in [-0.39, 0.29) is 24.6 Å². The average molecular weight is 455 g/mol. The Kier molecular flexibility index (Phi) is 6.13. The van der Waals surface area contributed by atoms with Crippen molar-refractivity contribution in [2.24, 2.45) is 0 Å². The average Bonchev–Trinajstić information content (AvgIpc) is 3.19. The highest BCUT2D eigenvalue weighted by Crippen LogP contribution is 2.34. The molecule has 1 fully saturated rings. The number of benzene rings is 1. The van der Waals surface area contributed by atoms with Crippen LogP contribution in [0.3, 0.4) is 0 Å². The lowest BCUT2D eigenvalue weighted by Gasteiger charge is -2.40. The van der Waals surface area contributed by atoms with Crippen molar-refractivity contribution in [2.75, 3.05) is 42.2 Å². The molecule has 2 aromatic heterocycles. The number of aryl methyl sites for hydroxylation is 1. The first-order chi connectivity index (χ1) is 15.4. The highest BCUT2D eigenvalue weighted by molar-refractivity contribution is 7.17. The Morgan fingerprint density at radius 3 is 2.69 bits per heavy atom. The zero-order valence-electron chi connectivity index (χ0n) is 18.3. The molecule has 2 amide bonds. The first kappa shape index (κ1) is 21.8. The number of amides is 2. The van der Waals surface area contributed by atoms with Crippen molar-refractivity contribution in [3.63, 3.8) is 0 Å². The lowest BCUT2D eigenvalue weighted by Crippen LogP contribution is -2.55. The number of nitrogen functional groups attached to an aromatic ring is 1. The van der Waals surface area contributed by atoms with E-state index in [2.05, 4.69) is 20.2 Å². The second kappa shape index (κ2) is 8.99. The zero-order valence-corrected chi connectivity index (χ0v) is 19.1. The topological polar surface area (TPSA) is 114 Å². The van der Waals surface area contributed by atoms with Crippen molar-refractivity contribution in [2.45, 2.75) is 26.8 Å². The third-order valence-corrected chi connectivity index (χ3v) is 6.29. The van der Waals surface area contributed by atoms with E-state index >= 15 is 0 Å². The molecular weight excluding hydrogens is 428 g/mol. The fourth-order valence-corrected chi connectivity index (χ4v) is 4.71. The SMILES string of the molecule is CCOC(=O)c1csc2nc(N)nc(N3CCN(C(=O)Nc4ccc(C)cc4)CC3C)c12. The van der Waals surface area contributed by atoms with Gasteiger partial charge in [-0.15, -0.1) is 11.3 Å². The van der Waals surface area contributed by atoms with E-state index in [4.69, 9.17) is 10.5 Å². The van der Waals surface area contributed by atoms with Crippen LogP contribution in [0, 0.1) is 6.92 Å². The molecule has 0 spiro atoms. The van der Waals surface area contributed by atoms with Crippen LogP contribution in [0.4, 0.5) is 22.2 Å². The molecule has 32 heavy (non-hydrogen) atoms. The van der Waals surface area contributed by atoms with E-state index < -0.39 is 5.97 Å². The molecule has 10 heteroatoms. The smallest absolute Gasteiger partial charge is 0.339 e. The summed E-state index contributed by atoms with van der Waals surface area (Å²) >= 11 is 1.34. The largest absolute Gasteiger partial charge is 0.462 e. The van der Waals surface area contributed by atoms with Crippen molar-refractivity contribution in [3.8, 4) is 0 Å². The van der Waals surface area contributed by atoms with Gasteiger partial charge in [0, 0.05) is 36.7 Å². The predicted octanol–water partition coefficient (Wildman–Crippen LogP) is 3.50. The number of rotatable bonds is 4. The summed E-state index contributed by atoms with van der Waals surface area (Å²) in [5.74, 6) is 0.344. The molecule has 0 radical (unpaired) electrons. The van der Waals surface area contributed by atoms with Gasteiger partial charge in [-0.05, 0) is 32.9 Å². The molecule has 3 heterocycles. The molecule has 4 rings (SSSR count). The number of aromatic nitrogens is 2. The molecule has 3 N–H and O–H groups in total. The highest BCUT2D eigenvalue weighted by atomic mass is 32.1. The molecule has 1 unspecified atom stereocenters. The van der Waals surface area contributed by atoms with Crippen LogP contribution in [-0.2, 0) is 4.74 Å². The first-order valence-electron chi connectivity index (χ1n) is 10.5. The zero-order chi connectivity index (χ0) is 22.8. The van der Waals surface area contributed by atoms with E-state index in [1.165, 1.54) is 11.3 Å². The minimum absolute atomic E-state index is 0.0417. The predicted molar refractivity (Wildman–Crippen MR) is 126 cm³/mol. The summed E-state index contributed by atoms with van der Waals surface area (Å²) < 4.78 is 5.21. The van der Waals surface area contributed by atoms with Crippen LogP contribution in [0.5, 0.6) is 0 Å². The molecule has 168 valence electrons. The van der Waals surface area contributed by atoms with E-state index in [0.717, 1.165) is 11.3 Å². The number of esters is 1. The van der Waals surface area contributed by atoms with Gasteiger partial charge in [0.2, 0.25) is 5.95 Å². The second-order valence-corrected chi connectivity index (χ2v) is 8.60. The van der Waals surface area contributed by atoms with E-state index in [0.29, 0.717) is 41.2 Å². The normalized spacial score (nSPS) is 16.3. The van der Waals surface area contributed by atoms with Crippen LogP contribution in [0.15, 0.2) is 29.6 Å². The molecule has 1 aliphatic rings. The number of nitrogens with zero attached hydrogens (tertiary/aromatic N) is 4. The van der Waals surface area contributed by atoms with Crippen LogP contribution < -0.4 is 16.0 Å². The Morgan fingerprint density at radius 2 is 2.00 bits per heavy atom. The minimum atomic E-state index is -0.405. The maximum absolute atomic E-state index is 12.8. The number of carbonyl (C=O) groups is 2. The van der Waals surface area contributed by atoms with Gasteiger partial charge >= 0.3 is 12.0 Å². The quantitative estimate of drug-likeness (QED) is 0.580. The van der Waals surface area contributed by atoms with Gasteiger partial charge in [0.25, 0.3) is 0 Å². The number of piperazine rings is 1. The third kappa shape index (κ3) is 4.31. The van der Waals surface area contributed by atoms with Gasteiger partial charge in [-0.1, -0.05) is 17.7 Å². The summed E-state index contributed by atoms with van der Waals surface area (Å²) in [6.45, 7) is 7.63. The summed E-state index contributed by atoms with van der Waals surface area (Å²) in [5, 5.41) is 5.33. The van der Waals surface area contributed by atoms with Crippen LogP contribution in [0.1, 0.15) is 29.8 Å². The molecule has 1 saturated heterocycles. The van der Waals surface area contributed by atoms with Crippen molar-refractivity contribution >= 4 is 51.0 Å². The fraction of sp³-hybridized carbons (Fsp3) is 0.364. The Hall–Kier alpha value is -3.40. The summed E-state index contributed by atoms with van der Waals surface area (Å²) in [7, 11) is 0. The van der Waals surface area contributed by atoms with Gasteiger partial charge in [0.15, 0.2) is 0 Å². The number of nitrogens with one attached hydrogen (secondary N) is 1. The van der Waals surface area contributed by atoms with Gasteiger partial charge in [-0.2, -0.15) is 4.98 Å². The van der Waals surface area contributed by atoms with Gasteiger partial charge in [-0.3, -0.25) is 0 Å². The number of fused-ring (bicyclic) bond motifs is 1. The van der Waals surface area contributed by atoms with Gasteiger partial charge in [-0.25, -0.2) is 14.6 Å². The molecule has 1 atom stereocenters. The lowest BCUT2D eigenvalue weighted by molar-refractivity contribution is 0.0529. The summed E-state index contributed by atoms with van der Waals surface area (Å²) in [5.41, 5.74) is 8.30. The van der Waals surface area contributed by atoms with Crippen LogP contribution in [0.2, 0.25) is 0 Å². The number of nitrogens with two attached hydrogens (primary N) is 1. The standard InChI is InChI=1S/C22H26N6O3S/c1-4-31-20(29)16-12-32-19-17(16)18(25-21(23)26-19)28-10-9-27(11-14(28)3)22(30)24-15-7-5-13(2)6-8-15/h5-8,12,14H,4,9-11H2,1-3H3,(H,24,30)(H2,23,25,26). The van der Waals surface area contributed by atoms with Crippen molar-refractivity contribution in [3.05, 3.63) is 40.8 Å². The van der Waals surface area contributed by atoms with Crippen LogP contribution >= 0.6 is 11.3 Å². The fourth-order valence-electron chi connectivity index (χ4n) is 3.80. The Labute approximate surface area is 190 Å². The number of hydrogen-bond donors (Lipinski definition) is 2. The van der Waals surface area contributed by atoms with Gasteiger partial charge in [0.05, 0.1) is 17.6 Å². The number of ether oxygens (including phenoxy) is 1.